The molecular weight excluding hydrogens is 415 g/mol. The number of rotatable bonds is 4. The minimum absolute atomic E-state index is 0.187. The van der Waals surface area contributed by atoms with E-state index < -0.39 is 72.9 Å². The van der Waals surface area contributed by atoms with E-state index >= 15 is 0 Å². The van der Waals surface area contributed by atoms with Gasteiger partial charge < -0.3 is 14.9 Å². The van der Waals surface area contributed by atoms with Gasteiger partial charge in [-0.05, 0) is 26.2 Å². The Labute approximate surface area is 153 Å². The molecule has 0 radical (unpaired) electrons. The van der Waals surface area contributed by atoms with Crippen LogP contribution in [0.4, 0.5) is 39.5 Å². The van der Waals surface area contributed by atoms with Gasteiger partial charge in [0.15, 0.2) is 5.60 Å². The molecule has 4 atom stereocenters. The fourth-order valence-electron chi connectivity index (χ4n) is 3.23. The van der Waals surface area contributed by atoms with E-state index in [2.05, 4.69) is 11.3 Å². The van der Waals surface area contributed by atoms with Crippen molar-refractivity contribution in [3.63, 3.8) is 0 Å². The van der Waals surface area contributed by atoms with Gasteiger partial charge in [0.1, 0.15) is 6.10 Å². The summed E-state index contributed by atoms with van der Waals surface area (Å²) in [6.45, 7) is 3.15. The molecule has 0 aromatic rings. The number of alkyl halides is 9. The van der Waals surface area contributed by atoms with E-state index in [1.54, 1.807) is 0 Å². The van der Waals surface area contributed by atoms with Crippen molar-refractivity contribution in [2.45, 2.75) is 62.0 Å². The lowest BCUT2D eigenvalue weighted by molar-refractivity contribution is -0.391. The fraction of sp³-hybridized carbons (Fsp3) is 0.800. The van der Waals surface area contributed by atoms with Crippen molar-refractivity contribution in [2.75, 3.05) is 0 Å². The third-order valence-electron chi connectivity index (χ3n) is 4.94. The van der Waals surface area contributed by atoms with Crippen molar-refractivity contribution in [1.82, 2.24) is 0 Å². The summed E-state index contributed by atoms with van der Waals surface area (Å²) in [6, 6.07) is 0. The van der Waals surface area contributed by atoms with Crippen LogP contribution in [0.5, 0.6) is 0 Å². The molecule has 0 amide bonds. The summed E-state index contributed by atoms with van der Waals surface area (Å²) < 4.78 is 123. The first-order chi connectivity index (χ1) is 12.3. The molecular formula is C15H17F9O4. The smallest absolute Gasteiger partial charge is 0.426 e. The Morgan fingerprint density at radius 2 is 1.32 bits per heavy atom. The summed E-state index contributed by atoms with van der Waals surface area (Å²) in [5.74, 6) is -6.37. The van der Waals surface area contributed by atoms with Gasteiger partial charge in [0.05, 0.1) is 0 Å². The molecule has 1 aliphatic carbocycles. The van der Waals surface area contributed by atoms with Crippen molar-refractivity contribution in [3.8, 4) is 0 Å². The van der Waals surface area contributed by atoms with Crippen LogP contribution in [0, 0.1) is 11.8 Å². The SMILES string of the molecule is C=CC(=O)OC1CC(C(C)(O)C(F)(F)F)CC(C(O)(C(F)(F)F)C(F)(F)F)C1. The molecule has 28 heavy (non-hydrogen) atoms. The van der Waals surface area contributed by atoms with E-state index in [9.17, 15) is 54.5 Å². The molecule has 1 rings (SSSR count). The molecule has 0 aromatic heterocycles. The highest BCUT2D eigenvalue weighted by Gasteiger charge is 2.75. The Morgan fingerprint density at radius 3 is 1.68 bits per heavy atom. The lowest BCUT2D eigenvalue weighted by Crippen LogP contribution is -2.64. The second-order valence-corrected chi connectivity index (χ2v) is 6.77. The van der Waals surface area contributed by atoms with Crippen LogP contribution in [0.2, 0.25) is 0 Å². The van der Waals surface area contributed by atoms with Crippen LogP contribution in [0.15, 0.2) is 12.7 Å². The number of hydrogen-bond acceptors (Lipinski definition) is 4. The largest absolute Gasteiger partial charge is 0.459 e. The normalized spacial score (nSPS) is 27.1. The zero-order chi connectivity index (χ0) is 22.3. The predicted octanol–water partition coefficient (Wildman–Crippen LogP) is 3.67. The third-order valence-corrected chi connectivity index (χ3v) is 4.94. The average molecular weight is 432 g/mol. The molecule has 0 heterocycles. The first-order valence-electron chi connectivity index (χ1n) is 7.77. The summed E-state index contributed by atoms with van der Waals surface area (Å²) >= 11 is 0. The number of hydrogen-bond donors (Lipinski definition) is 2. The lowest BCUT2D eigenvalue weighted by atomic mass is 9.66. The third kappa shape index (κ3) is 4.39. The van der Waals surface area contributed by atoms with E-state index in [-0.39, 0.29) is 6.92 Å². The van der Waals surface area contributed by atoms with Crippen LogP contribution < -0.4 is 0 Å². The van der Waals surface area contributed by atoms with E-state index in [0.29, 0.717) is 6.08 Å². The molecule has 1 aliphatic rings. The minimum Gasteiger partial charge on any atom is -0.459 e. The quantitative estimate of drug-likeness (QED) is 0.404. The minimum atomic E-state index is -6.28. The van der Waals surface area contributed by atoms with E-state index in [1.807, 2.05) is 0 Å². The van der Waals surface area contributed by atoms with Gasteiger partial charge in [0, 0.05) is 17.9 Å². The molecule has 164 valence electrons. The summed E-state index contributed by atoms with van der Waals surface area (Å²) in [5, 5.41) is 19.3. The number of carbonyl (C=O) groups is 1. The van der Waals surface area contributed by atoms with Crippen molar-refractivity contribution in [2.24, 2.45) is 11.8 Å². The Kier molecular flexibility index (Phi) is 6.48. The molecule has 4 nitrogen and oxygen atoms in total. The number of carbonyl (C=O) groups excluding carboxylic acids is 1. The van der Waals surface area contributed by atoms with E-state index in [1.165, 1.54) is 0 Å². The van der Waals surface area contributed by atoms with Gasteiger partial charge in [-0.2, -0.15) is 39.5 Å². The summed E-state index contributed by atoms with van der Waals surface area (Å²) in [5.41, 5.74) is -9.05. The van der Waals surface area contributed by atoms with Gasteiger partial charge >= 0.3 is 24.5 Å². The van der Waals surface area contributed by atoms with Gasteiger partial charge in [-0.3, -0.25) is 0 Å². The van der Waals surface area contributed by atoms with Gasteiger partial charge in [-0.15, -0.1) is 0 Å². The fourth-order valence-corrected chi connectivity index (χ4v) is 3.23. The Bertz CT molecular complexity index is 578. The molecule has 1 fully saturated rings. The van der Waals surface area contributed by atoms with Crippen LogP contribution in [-0.4, -0.2) is 52.0 Å². The second-order valence-electron chi connectivity index (χ2n) is 6.77. The number of ether oxygens (including phenoxy) is 1. The van der Waals surface area contributed by atoms with Gasteiger partial charge in [0.25, 0.3) is 5.60 Å². The van der Waals surface area contributed by atoms with Crippen molar-refractivity contribution in [3.05, 3.63) is 12.7 Å². The lowest BCUT2D eigenvalue weighted by Gasteiger charge is -2.47. The van der Waals surface area contributed by atoms with Gasteiger partial charge in [-0.25, -0.2) is 4.79 Å². The molecule has 1 saturated carbocycles. The zero-order valence-electron chi connectivity index (χ0n) is 14.3. The summed E-state index contributed by atoms with van der Waals surface area (Å²) in [6.07, 6.45) is -22.9. The second kappa shape index (κ2) is 7.39. The van der Waals surface area contributed by atoms with Gasteiger partial charge in [-0.1, -0.05) is 6.58 Å². The summed E-state index contributed by atoms with van der Waals surface area (Å²) in [7, 11) is 0. The van der Waals surface area contributed by atoms with E-state index in [0.717, 1.165) is 0 Å². The number of esters is 1. The molecule has 0 aliphatic heterocycles. The highest BCUT2D eigenvalue weighted by Crippen LogP contribution is 2.55. The van der Waals surface area contributed by atoms with Crippen LogP contribution in [-0.2, 0) is 9.53 Å². The first-order valence-corrected chi connectivity index (χ1v) is 7.77. The predicted molar refractivity (Wildman–Crippen MR) is 74.6 cm³/mol. The maximum absolute atomic E-state index is 13.1. The highest BCUT2D eigenvalue weighted by atomic mass is 19.4. The Morgan fingerprint density at radius 1 is 0.893 bits per heavy atom. The summed E-state index contributed by atoms with van der Waals surface area (Å²) in [4.78, 5) is 11.3. The molecule has 0 saturated heterocycles. The van der Waals surface area contributed by atoms with Crippen LogP contribution in [0.1, 0.15) is 26.2 Å². The topological polar surface area (TPSA) is 66.8 Å². The number of aliphatic hydroxyl groups is 2. The molecule has 0 spiro atoms. The maximum Gasteiger partial charge on any atom is 0.426 e. The number of halogens is 9. The van der Waals surface area contributed by atoms with E-state index in [4.69, 9.17) is 0 Å². The van der Waals surface area contributed by atoms with Crippen LogP contribution >= 0.6 is 0 Å². The monoisotopic (exact) mass is 432 g/mol. The van der Waals surface area contributed by atoms with Crippen LogP contribution in [0.3, 0.4) is 0 Å². The van der Waals surface area contributed by atoms with Gasteiger partial charge in [0.2, 0.25) is 0 Å². The maximum atomic E-state index is 13.1. The van der Waals surface area contributed by atoms with Crippen LogP contribution in [0.25, 0.3) is 0 Å². The molecule has 13 heteroatoms. The van der Waals surface area contributed by atoms with Crippen molar-refractivity contribution < 1.29 is 59.3 Å². The first kappa shape index (κ1) is 24.5. The molecule has 2 N–H and O–H groups in total. The Hall–Kier alpha value is -1.50. The zero-order valence-corrected chi connectivity index (χ0v) is 14.3. The Balaban J connectivity index is 3.44. The average Bonchev–Trinajstić information content (AvgIpc) is 2.50. The van der Waals surface area contributed by atoms with Crippen molar-refractivity contribution >= 4 is 5.97 Å². The highest BCUT2D eigenvalue weighted by molar-refractivity contribution is 5.81. The van der Waals surface area contributed by atoms with Crippen molar-refractivity contribution in [1.29, 1.82) is 0 Å². The molecule has 0 bridgehead atoms. The molecule has 0 aromatic carbocycles. The standard InChI is InChI=1S/C15H17F9O4/c1-3-10(25)28-9-5-7(11(2,26)13(16,17)18)4-8(6-9)12(27,14(19,20)21)15(22,23)24/h3,7-9,26-27H,1,4-6H2,2H3. The molecule has 4 unspecified atom stereocenters.